The lowest BCUT2D eigenvalue weighted by molar-refractivity contribution is -0.126. The van der Waals surface area contributed by atoms with Gasteiger partial charge in [-0.15, -0.1) is 0 Å². The number of benzene rings is 2. The van der Waals surface area contributed by atoms with E-state index in [0.29, 0.717) is 36.1 Å². The second-order valence-electron chi connectivity index (χ2n) is 7.88. The van der Waals surface area contributed by atoms with Gasteiger partial charge >= 0.3 is 0 Å². The van der Waals surface area contributed by atoms with Crippen molar-refractivity contribution in [1.82, 2.24) is 5.32 Å². The first-order chi connectivity index (χ1) is 14.8. The van der Waals surface area contributed by atoms with Gasteiger partial charge in [-0.05, 0) is 54.4 Å². The summed E-state index contributed by atoms with van der Waals surface area (Å²) in [5.74, 6) is -0.501. The SMILES string of the molecule is CC(C)CNC(=O)[C@@H]1CC(=O)N(c2ccc(OCC(=O)Nc3ccc(F)cc3)cc2)C1. The summed E-state index contributed by atoms with van der Waals surface area (Å²) >= 11 is 0. The summed E-state index contributed by atoms with van der Waals surface area (Å²) in [6, 6.07) is 12.2. The second kappa shape index (κ2) is 10.1. The molecule has 0 aromatic heterocycles. The molecule has 0 spiro atoms. The zero-order valence-corrected chi connectivity index (χ0v) is 17.6. The fraction of sp³-hybridized carbons (Fsp3) is 0.348. The Hall–Kier alpha value is -3.42. The molecule has 3 rings (SSSR count). The highest BCUT2D eigenvalue weighted by Gasteiger charge is 2.35. The van der Waals surface area contributed by atoms with Gasteiger partial charge in [0.15, 0.2) is 6.61 Å². The Kier molecular flexibility index (Phi) is 7.23. The molecule has 1 fully saturated rings. The molecule has 1 saturated heterocycles. The number of anilines is 2. The van der Waals surface area contributed by atoms with Gasteiger partial charge in [0.25, 0.3) is 5.91 Å². The topological polar surface area (TPSA) is 87.7 Å². The quantitative estimate of drug-likeness (QED) is 0.678. The van der Waals surface area contributed by atoms with Gasteiger partial charge in [-0.2, -0.15) is 0 Å². The molecule has 7 nitrogen and oxygen atoms in total. The van der Waals surface area contributed by atoms with Crippen molar-refractivity contribution in [2.75, 3.05) is 29.9 Å². The number of halogens is 1. The molecule has 164 valence electrons. The van der Waals surface area contributed by atoms with Gasteiger partial charge in [0.05, 0.1) is 5.92 Å². The molecular weight excluding hydrogens is 401 g/mol. The van der Waals surface area contributed by atoms with Crippen molar-refractivity contribution >= 4 is 29.1 Å². The highest BCUT2D eigenvalue weighted by Crippen LogP contribution is 2.27. The van der Waals surface area contributed by atoms with E-state index in [2.05, 4.69) is 10.6 Å². The van der Waals surface area contributed by atoms with Crippen LogP contribution in [0.1, 0.15) is 20.3 Å². The predicted molar refractivity (Wildman–Crippen MR) is 115 cm³/mol. The fourth-order valence-corrected chi connectivity index (χ4v) is 3.18. The number of carbonyl (C=O) groups is 3. The van der Waals surface area contributed by atoms with Gasteiger partial charge in [-0.1, -0.05) is 13.8 Å². The average molecular weight is 427 g/mol. The van der Waals surface area contributed by atoms with Crippen molar-refractivity contribution < 1.29 is 23.5 Å². The third kappa shape index (κ3) is 6.28. The summed E-state index contributed by atoms with van der Waals surface area (Å²) in [4.78, 5) is 38.2. The number of carbonyl (C=O) groups excluding carboxylic acids is 3. The fourth-order valence-electron chi connectivity index (χ4n) is 3.18. The first-order valence-corrected chi connectivity index (χ1v) is 10.2. The Balaban J connectivity index is 1.50. The molecule has 0 saturated carbocycles. The minimum Gasteiger partial charge on any atom is -0.484 e. The standard InChI is InChI=1S/C23H26FN3O4/c1-15(2)12-25-23(30)16-11-22(29)27(13-16)19-7-9-20(10-8-19)31-14-21(28)26-18-5-3-17(24)4-6-18/h3-10,15-16H,11-14H2,1-2H3,(H,25,30)(H,26,28)/t16-/m1/s1. The number of rotatable bonds is 8. The number of hydrogen-bond acceptors (Lipinski definition) is 4. The summed E-state index contributed by atoms with van der Waals surface area (Å²) in [5.41, 5.74) is 1.15. The number of nitrogens with one attached hydrogen (secondary N) is 2. The Morgan fingerprint density at radius 1 is 1.13 bits per heavy atom. The minimum atomic E-state index is -0.381. The molecule has 1 atom stereocenters. The van der Waals surface area contributed by atoms with Crippen molar-refractivity contribution in [3.05, 3.63) is 54.3 Å². The first-order valence-electron chi connectivity index (χ1n) is 10.2. The molecule has 0 unspecified atom stereocenters. The van der Waals surface area contributed by atoms with Gasteiger partial charge in [0, 0.05) is 30.9 Å². The van der Waals surface area contributed by atoms with Crippen LogP contribution in [-0.2, 0) is 14.4 Å². The van der Waals surface area contributed by atoms with Gasteiger partial charge in [0.1, 0.15) is 11.6 Å². The van der Waals surface area contributed by atoms with E-state index in [4.69, 9.17) is 4.74 Å². The largest absolute Gasteiger partial charge is 0.484 e. The lowest BCUT2D eigenvalue weighted by Gasteiger charge is -2.17. The normalized spacial score (nSPS) is 15.8. The molecule has 1 aliphatic rings. The van der Waals surface area contributed by atoms with Crippen LogP contribution in [0.25, 0.3) is 0 Å². The predicted octanol–water partition coefficient (Wildman–Crippen LogP) is 2.97. The van der Waals surface area contributed by atoms with E-state index in [1.807, 2.05) is 13.8 Å². The van der Waals surface area contributed by atoms with Crippen LogP contribution in [-0.4, -0.2) is 37.4 Å². The third-order valence-corrected chi connectivity index (χ3v) is 4.83. The van der Waals surface area contributed by atoms with Crippen molar-refractivity contribution in [2.24, 2.45) is 11.8 Å². The Bertz CT molecular complexity index is 929. The van der Waals surface area contributed by atoms with Crippen LogP contribution < -0.4 is 20.3 Å². The number of amides is 3. The maximum atomic E-state index is 12.9. The lowest BCUT2D eigenvalue weighted by Crippen LogP contribution is -2.35. The van der Waals surface area contributed by atoms with E-state index in [0.717, 1.165) is 0 Å². The first kappa shape index (κ1) is 22.3. The van der Waals surface area contributed by atoms with Crippen LogP contribution in [0.4, 0.5) is 15.8 Å². The zero-order valence-electron chi connectivity index (χ0n) is 17.6. The van der Waals surface area contributed by atoms with Crippen molar-refractivity contribution in [2.45, 2.75) is 20.3 Å². The smallest absolute Gasteiger partial charge is 0.262 e. The van der Waals surface area contributed by atoms with Crippen molar-refractivity contribution in [3.63, 3.8) is 0 Å². The van der Waals surface area contributed by atoms with Crippen LogP contribution in [0.5, 0.6) is 5.75 Å². The number of hydrogen-bond donors (Lipinski definition) is 2. The molecule has 2 N–H and O–H groups in total. The third-order valence-electron chi connectivity index (χ3n) is 4.83. The molecule has 1 heterocycles. The molecule has 31 heavy (non-hydrogen) atoms. The number of ether oxygens (including phenoxy) is 1. The molecule has 8 heteroatoms. The van der Waals surface area contributed by atoms with Crippen LogP contribution >= 0.6 is 0 Å². The summed E-state index contributed by atoms with van der Waals surface area (Å²) in [6.07, 6.45) is 0.186. The highest BCUT2D eigenvalue weighted by molar-refractivity contribution is 6.00. The highest BCUT2D eigenvalue weighted by atomic mass is 19.1. The van der Waals surface area contributed by atoms with Crippen molar-refractivity contribution in [3.8, 4) is 5.75 Å². The summed E-state index contributed by atoms with van der Waals surface area (Å²) < 4.78 is 18.4. The second-order valence-corrected chi connectivity index (χ2v) is 7.88. The van der Waals surface area contributed by atoms with Gasteiger partial charge in [-0.25, -0.2) is 4.39 Å². The van der Waals surface area contributed by atoms with Gasteiger partial charge in [-0.3, -0.25) is 14.4 Å². The summed E-state index contributed by atoms with van der Waals surface area (Å²) in [5, 5.41) is 5.49. The average Bonchev–Trinajstić information content (AvgIpc) is 3.14. The molecule has 3 amide bonds. The molecule has 2 aromatic rings. The zero-order chi connectivity index (χ0) is 22.4. The van der Waals surface area contributed by atoms with E-state index < -0.39 is 0 Å². The summed E-state index contributed by atoms with van der Waals surface area (Å²) in [6.45, 7) is 4.75. The lowest BCUT2D eigenvalue weighted by atomic mass is 10.1. The van der Waals surface area contributed by atoms with E-state index in [1.165, 1.54) is 24.3 Å². The maximum absolute atomic E-state index is 12.9. The maximum Gasteiger partial charge on any atom is 0.262 e. The van der Waals surface area contributed by atoms with Gasteiger partial charge < -0.3 is 20.3 Å². The Morgan fingerprint density at radius 3 is 2.45 bits per heavy atom. The van der Waals surface area contributed by atoms with Crippen LogP contribution in [0.2, 0.25) is 0 Å². The summed E-state index contributed by atoms with van der Waals surface area (Å²) in [7, 11) is 0. The Morgan fingerprint density at radius 2 is 1.81 bits per heavy atom. The molecule has 0 bridgehead atoms. The molecule has 1 aliphatic heterocycles. The molecular formula is C23H26FN3O4. The van der Waals surface area contributed by atoms with Crippen molar-refractivity contribution in [1.29, 1.82) is 0 Å². The van der Waals surface area contributed by atoms with Gasteiger partial charge in [0.2, 0.25) is 11.8 Å². The molecule has 0 radical (unpaired) electrons. The van der Waals surface area contributed by atoms with E-state index in [9.17, 15) is 18.8 Å². The van der Waals surface area contributed by atoms with Crippen LogP contribution in [0.3, 0.4) is 0 Å². The van der Waals surface area contributed by atoms with E-state index >= 15 is 0 Å². The van der Waals surface area contributed by atoms with Crippen LogP contribution in [0, 0.1) is 17.7 Å². The molecule has 0 aliphatic carbocycles. The number of nitrogens with zero attached hydrogens (tertiary/aromatic N) is 1. The Labute approximate surface area is 180 Å². The molecule has 2 aromatic carbocycles. The van der Waals surface area contributed by atoms with Crippen LogP contribution in [0.15, 0.2) is 48.5 Å². The minimum absolute atomic E-state index is 0.1000. The van der Waals surface area contributed by atoms with E-state index in [-0.39, 0.29) is 42.5 Å². The van der Waals surface area contributed by atoms with E-state index in [1.54, 1.807) is 29.2 Å². The monoisotopic (exact) mass is 427 g/mol.